The van der Waals surface area contributed by atoms with Crippen LogP contribution in [0.1, 0.15) is 5.56 Å². The molecule has 1 aliphatic rings. The predicted molar refractivity (Wildman–Crippen MR) is 139 cm³/mol. The third-order valence-corrected chi connectivity index (χ3v) is 6.90. The van der Waals surface area contributed by atoms with E-state index in [1.165, 1.54) is 18.9 Å². The van der Waals surface area contributed by atoms with Crippen molar-refractivity contribution < 1.29 is 27.7 Å². The van der Waals surface area contributed by atoms with Crippen molar-refractivity contribution >= 4 is 30.2 Å². The Morgan fingerprint density at radius 3 is 2.03 bits per heavy atom. The summed E-state index contributed by atoms with van der Waals surface area (Å²) in [5.74, 6) is 1.66. The van der Waals surface area contributed by atoms with E-state index in [1.807, 2.05) is 0 Å². The minimum atomic E-state index is -4.19. The normalized spacial score (nSPS) is 15.2. The van der Waals surface area contributed by atoms with Crippen LogP contribution >= 0.6 is 19.6 Å². The molecule has 0 amide bonds. The number of rotatable bonds is 9. The topological polar surface area (TPSA) is 99.4 Å². The van der Waals surface area contributed by atoms with Crippen molar-refractivity contribution in [1.82, 2.24) is 0 Å². The van der Waals surface area contributed by atoms with Crippen LogP contribution in [-0.4, -0.2) is 19.3 Å². The molecule has 0 aromatic heterocycles. The van der Waals surface area contributed by atoms with E-state index >= 15 is 0 Å². The molecule has 0 fully saturated rings. The van der Waals surface area contributed by atoms with Gasteiger partial charge in [-0.3, -0.25) is 4.62 Å². The first-order valence-corrected chi connectivity index (χ1v) is 12.9. The number of para-hydroxylation sites is 2. The number of methoxy groups -OCH3 is 2. The molecule has 0 spiro atoms. The van der Waals surface area contributed by atoms with Crippen LogP contribution in [0, 0.1) is 11.3 Å². The second-order valence-electron chi connectivity index (χ2n) is 7.12. The number of benzene rings is 3. The number of allylic oxidation sites excluding steroid dienone is 2. The number of phosphoric acid groups is 1. The van der Waals surface area contributed by atoms with Crippen LogP contribution in [0.4, 0.5) is 0 Å². The molecule has 1 aliphatic heterocycles. The molecule has 0 saturated carbocycles. The van der Waals surface area contributed by atoms with Crippen LogP contribution in [0.2, 0.25) is 0 Å². The molecule has 10 heteroatoms. The first-order valence-electron chi connectivity index (χ1n) is 10.6. The Bertz CT molecular complexity index is 1360. The fourth-order valence-electron chi connectivity index (χ4n) is 3.13. The lowest BCUT2D eigenvalue weighted by Gasteiger charge is -2.16. The van der Waals surface area contributed by atoms with Gasteiger partial charge >= 0.3 is 7.82 Å². The van der Waals surface area contributed by atoms with E-state index in [0.717, 1.165) is 0 Å². The Balaban J connectivity index is 1.56. The molecule has 0 N–H and O–H groups in total. The van der Waals surface area contributed by atoms with Crippen LogP contribution in [0.3, 0.4) is 0 Å². The fraction of sp³-hybridized carbons (Fsp3) is 0.0769. The van der Waals surface area contributed by atoms with Gasteiger partial charge in [-0.25, -0.2) is 0 Å². The Hall–Kier alpha value is -4.12. The Morgan fingerprint density at radius 2 is 1.47 bits per heavy atom. The first-order chi connectivity index (χ1) is 17.5. The lowest BCUT2D eigenvalue weighted by atomic mass is 10.1. The van der Waals surface area contributed by atoms with E-state index in [9.17, 15) is 9.83 Å². The summed E-state index contributed by atoms with van der Waals surface area (Å²) in [4.78, 5) is 0.634. The highest BCUT2D eigenvalue weighted by atomic mass is 32.2. The summed E-state index contributed by atoms with van der Waals surface area (Å²) in [7, 11) is -1.12. The van der Waals surface area contributed by atoms with E-state index in [0.29, 0.717) is 44.1 Å². The highest BCUT2D eigenvalue weighted by Gasteiger charge is 2.34. The number of thioether (sulfide) groups is 1. The molecular formula is C26H21N2O6PS. The van der Waals surface area contributed by atoms with Gasteiger partial charge in [0.15, 0.2) is 11.5 Å². The average molecular weight is 521 g/mol. The second-order valence-corrected chi connectivity index (χ2v) is 9.61. The maximum atomic E-state index is 13.4. The van der Waals surface area contributed by atoms with Crippen molar-refractivity contribution in [2.24, 2.45) is 5.16 Å². The Labute approximate surface area is 213 Å². The van der Waals surface area contributed by atoms with Gasteiger partial charge in [-0.2, -0.15) is 9.83 Å². The number of oxime groups is 1. The van der Waals surface area contributed by atoms with Gasteiger partial charge in [0.25, 0.3) is 0 Å². The SMILES string of the molecule is COc1ccc(/C(C#N)=C2C=C/C(=N/OP(=O)(Oc3ccccc3)Oc3ccccc3)S\2)cc1OC. The minimum absolute atomic E-state index is 0.299. The molecule has 0 radical (unpaired) electrons. The zero-order valence-electron chi connectivity index (χ0n) is 19.4. The van der Waals surface area contributed by atoms with E-state index in [1.54, 1.807) is 98.1 Å². The van der Waals surface area contributed by atoms with Crippen molar-refractivity contribution in [2.45, 2.75) is 0 Å². The van der Waals surface area contributed by atoms with Crippen LogP contribution in [-0.2, 0) is 9.19 Å². The first kappa shape index (κ1) is 25.0. The van der Waals surface area contributed by atoms with Gasteiger partial charge in [0.05, 0.1) is 19.8 Å². The van der Waals surface area contributed by atoms with Gasteiger partial charge in [-0.15, -0.1) is 0 Å². The fourth-order valence-corrected chi connectivity index (χ4v) is 5.07. The number of hydrogen-bond acceptors (Lipinski definition) is 9. The smallest absolute Gasteiger partial charge is 0.493 e. The van der Waals surface area contributed by atoms with E-state index in [2.05, 4.69) is 11.2 Å². The molecular weight excluding hydrogens is 499 g/mol. The third-order valence-electron chi connectivity index (χ3n) is 4.77. The van der Waals surface area contributed by atoms with Crippen molar-refractivity contribution in [1.29, 1.82) is 5.26 Å². The zero-order chi connectivity index (χ0) is 25.4. The highest BCUT2D eigenvalue weighted by Crippen LogP contribution is 2.50. The van der Waals surface area contributed by atoms with Crippen molar-refractivity contribution in [3.8, 4) is 29.1 Å². The molecule has 8 nitrogen and oxygen atoms in total. The summed E-state index contributed by atoms with van der Waals surface area (Å²) in [5, 5.41) is 14.2. The molecule has 182 valence electrons. The van der Waals surface area contributed by atoms with Crippen LogP contribution in [0.15, 0.2) is 101 Å². The monoisotopic (exact) mass is 520 g/mol. The molecule has 4 rings (SSSR count). The largest absolute Gasteiger partial charge is 0.668 e. The van der Waals surface area contributed by atoms with E-state index in [4.69, 9.17) is 23.1 Å². The zero-order valence-corrected chi connectivity index (χ0v) is 21.1. The van der Waals surface area contributed by atoms with Crippen LogP contribution < -0.4 is 18.5 Å². The highest BCUT2D eigenvalue weighted by molar-refractivity contribution is 8.18. The minimum Gasteiger partial charge on any atom is -0.493 e. The van der Waals surface area contributed by atoms with Crippen molar-refractivity contribution in [3.63, 3.8) is 0 Å². The van der Waals surface area contributed by atoms with Gasteiger partial charge in [0.2, 0.25) is 0 Å². The maximum absolute atomic E-state index is 13.4. The molecule has 3 aromatic carbocycles. The molecule has 0 bridgehead atoms. The number of phosphoric ester groups is 1. The summed E-state index contributed by atoms with van der Waals surface area (Å²) < 4.78 is 40.5. The third kappa shape index (κ3) is 6.11. The van der Waals surface area contributed by atoms with Gasteiger partial charge in [-0.1, -0.05) is 53.3 Å². The summed E-state index contributed by atoms with van der Waals surface area (Å²) in [6.07, 6.45) is 3.37. The van der Waals surface area contributed by atoms with E-state index in [-0.39, 0.29) is 0 Å². The quantitative estimate of drug-likeness (QED) is 0.172. The lowest BCUT2D eigenvalue weighted by Crippen LogP contribution is -2.03. The summed E-state index contributed by atoms with van der Waals surface area (Å²) in [5.41, 5.74) is 1.06. The number of ether oxygens (including phenoxy) is 2. The Kier molecular flexibility index (Phi) is 8.01. The summed E-state index contributed by atoms with van der Waals surface area (Å²) in [6.45, 7) is 0. The molecule has 36 heavy (non-hydrogen) atoms. The Morgan fingerprint density at radius 1 is 0.861 bits per heavy atom. The molecule has 3 aromatic rings. The summed E-state index contributed by atoms with van der Waals surface area (Å²) in [6, 6.07) is 24.5. The van der Waals surface area contributed by atoms with E-state index < -0.39 is 7.82 Å². The van der Waals surface area contributed by atoms with Crippen LogP contribution in [0.5, 0.6) is 23.0 Å². The second kappa shape index (κ2) is 11.5. The van der Waals surface area contributed by atoms with Crippen LogP contribution in [0.25, 0.3) is 5.57 Å². The van der Waals surface area contributed by atoms with Gasteiger partial charge in [0.1, 0.15) is 22.6 Å². The predicted octanol–water partition coefficient (Wildman–Crippen LogP) is 6.84. The summed E-state index contributed by atoms with van der Waals surface area (Å²) >= 11 is 1.18. The number of hydrogen-bond donors (Lipinski definition) is 0. The van der Waals surface area contributed by atoms with Gasteiger partial charge < -0.3 is 18.5 Å². The molecule has 0 atom stereocenters. The van der Waals surface area contributed by atoms with Crippen molar-refractivity contribution in [3.05, 3.63) is 101 Å². The van der Waals surface area contributed by atoms with Crippen molar-refractivity contribution in [2.75, 3.05) is 14.2 Å². The average Bonchev–Trinajstić information content (AvgIpc) is 3.37. The standard InChI is InChI=1S/C26H21N2O6PS/c1-30-23-14-13-19(17-24(23)31-2)22(18-27)25-15-16-26(36-25)28-34-35(29,32-20-9-5-3-6-10-20)33-21-11-7-4-8-12-21/h3-17H,1-2H3/b25-22+,28-26-. The molecule has 0 saturated heterocycles. The maximum Gasteiger partial charge on any atom is 0.668 e. The lowest BCUT2D eigenvalue weighted by molar-refractivity contribution is 0.219. The number of nitriles is 1. The number of nitrogens with zero attached hydrogens (tertiary/aromatic N) is 2. The van der Waals surface area contributed by atoms with Gasteiger partial charge in [0, 0.05) is 4.91 Å². The van der Waals surface area contributed by atoms with Gasteiger partial charge in [-0.05, 0) is 60.2 Å². The molecule has 0 unspecified atom stereocenters. The molecule has 1 heterocycles. The molecule has 0 aliphatic carbocycles.